The first-order valence-electron chi connectivity index (χ1n) is 12.1. The molecule has 1 fully saturated rings. The number of nitrogens with zero attached hydrogens (tertiary/aromatic N) is 3. The minimum absolute atomic E-state index is 0.0871. The summed E-state index contributed by atoms with van der Waals surface area (Å²) in [5.41, 5.74) is 3.03. The van der Waals surface area contributed by atoms with Crippen molar-refractivity contribution in [3.8, 4) is 0 Å². The smallest absolute Gasteiger partial charge is 0.475 e. The number of halogens is 6. The Morgan fingerprint density at radius 2 is 1.93 bits per heavy atom. The molecule has 224 valence electrons. The number of carboxylic acids is 1. The van der Waals surface area contributed by atoms with E-state index in [9.17, 15) is 26.0 Å². The third-order valence-corrected chi connectivity index (χ3v) is 9.02. The summed E-state index contributed by atoms with van der Waals surface area (Å²) in [5.74, 6) is -3.49. The van der Waals surface area contributed by atoms with Crippen LogP contribution in [0.1, 0.15) is 31.4 Å². The van der Waals surface area contributed by atoms with Gasteiger partial charge in [-0.05, 0) is 30.5 Å². The number of hydrogen-bond acceptors (Lipinski definition) is 7. The largest absolute Gasteiger partial charge is 0.490 e. The molecule has 2 atom stereocenters. The first-order valence-corrected chi connectivity index (χ1v) is 15.2. The third-order valence-electron chi connectivity index (χ3n) is 6.42. The quantitative estimate of drug-likeness (QED) is 0.261. The van der Waals surface area contributed by atoms with Crippen molar-refractivity contribution in [3.05, 3.63) is 68.7 Å². The van der Waals surface area contributed by atoms with E-state index in [0.29, 0.717) is 5.69 Å². The van der Waals surface area contributed by atoms with E-state index in [1.807, 2.05) is 30.1 Å². The standard InChI is InChI=1S/C23H25Cl2FN4O2S2.C2HF3O2/c1-3-20(16-6-4-5-7-17(16)24)30-9-8-15(12-30)29(2)21-11-19(26)22(10-18(21)25)34(31,32)28-23-13-33-14-27-23;3-2(4,5)1(6)7/h4-7,10-11,13-15,20,28H,3,8-9,12H2,1-2H3;(H,6,7)/t15-,20?;/m0./s1. The summed E-state index contributed by atoms with van der Waals surface area (Å²) in [6.45, 7) is 3.75. The van der Waals surface area contributed by atoms with E-state index >= 15 is 0 Å². The van der Waals surface area contributed by atoms with Gasteiger partial charge in [0.1, 0.15) is 10.7 Å². The Morgan fingerprint density at radius 3 is 2.49 bits per heavy atom. The average molecular weight is 658 g/mol. The number of carboxylic acid groups (broad SMARTS) is 1. The zero-order chi connectivity index (χ0) is 30.5. The Hall–Kier alpha value is -2.65. The summed E-state index contributed by atoms with van der Waals surface area (Å²) in [6.07, 6.45) is -3.31. The van der Waals surface area contributed by atoms with Crippen LogP contribution in [0.4, 0.5) is 29.1 Å². The molecule has 1 aromatic heterocycles. The first-order chi connectivity index (χ1) is 19.2. The molecule has 0 spiro atoms. The number of likely N-dealkylation sites (tertiary alicyclic amines) is 1. The van der Waals surface area contributed by atoms with E-state index in [2.05, 4.69) is 27.6 Å². The van der Waals surface area contributed by atoms with Crippen molar-refractivity contribution in [2.45, 2.75) is 42.9 Å². The number of thiazole rings is 1. The molecule has 1 aliphatic rings. The highest BCUT2D eigenvalue weighted by Gasteiger charge is 2.38. The van der Waals surface area contributed by atoms with Crippen molar-refractivity contribution in [1.29, 1.82) is 0 Å². The fourth-order valence-electron chi connectivity index (χ4n) is 4.43. The van der Waals surface area contributed by atoms with Gasteiger partial charge in [0, 0.05) is 48.7 Å². The molecule has 8 nitrogen and oxygen atoms in total. The van der Waals surface area contributed by atoms with Gasteiger partial charge in [-0.1, -0.05) is 48.3 Å². The van der Waals surface area contributed by atoms with Gasteiger partial charge in [0.25, 0.3) is 10.0 Å². The summed E-state index contributed by atoms with van der Waals surface area (Å²) in [5, 5.41) is 9.57. The third kappa shape index (κ3) is 8.22. The number of benzene rings is 2. The molecule has 2 heterocycles. The van der Waals surface area contributed by atoms with Crippen molar-refractivity contribution in [1.82, 2.24) is 9.88 Å². The molecule has 3 aromatic rings. The maximum Gasteiger partial charge on any atom is 0.490 e. The van der Waals surface area contributed by atoms with Crippen LogP contribution in [-0.2, 0) is 14.8 Å². The predicted molar refractivity (Wildman–Crippen MR) is 151 cm³/mol. The Labute approximate surface area is 248 Å². The van der Waals surface area contributed by atoms with Crippen LogP contribution in [0.5, 0.6) is 0 Å². The van der Waals surface area contributed by atoms with E-state index < -0.39 is 32.9 Å². The molecule has 1 aliphatic heterocycles. The molecule has 0 bridgehead atoms. The number of likely N-dealkylation sites (N-methyl/N-ethyl adjacent to an activating group) is 1. The minimum Gasteiger partial charge on any atom is -0.475 e. The summed E-state index contributed by atoms with van der Waals surface area (Å²) in [6, 6.07) is 10.5. The number of carbonyl (C=O) groups is 1. The summed E-state index contributed by atoms with van der Waals surface area (Å²) >= 11 is 14.1. The molecular formula is C25H26Cl2F4N4O4S2. The summed E-state index contributed by atoms with van der Waals surface area (Å²) < 4.78 is 74.3. The molecule has 2 aromatic carbocycles. The zero-order valence-electron chi connectivity index (χ0n) is 21.7. The lowest BCUT2D eigenvalue weighted by molar-refractivity contribution is -0.192. The van der Waals surface area contributed by atoms with Crippen LogP contribution in [0.25, 0.3) is 0 Å². The fraction of sp³-hybridized carbons (Fsp3) is 0.360. The lowest BCUT2D eigenvalue weighted by Gasteiger charge is -2.31. The van der Waals surface area contributed by atoms with Crippen LogP contribution in [0.3, 0.4) is 0 Å². The van der Waals surface area contributed by atoms with E-state index in [0.717, 1.165) is 42.6 Å². The number of anilines is 2. The van der Waals surface area contributed by atoms with Crippen molar-refractivity contribution in [2.24, 2.45) is 0 Å². The van der Waals surface area contributed by atoms with E-state index in [4.69, 9.17) is 33.1 Å². The number of sulfonamides is 1. The number of rotatable bonds is 8. The minimum atomic E-state index is -5.08. The Kier molecular flexibility index (Phi) is 10.9. The molecule has 1 saturated heterocycles. The van der Waals surface area contributed by atoms with Gasteiger partial charge < -0.3 is 10.0 Å². The van der Waals surface area contributed by atoms with Crippen LogP contribution >= 0.6 is 34.5 Å². The second-order valence-corrected chi connectivity index (χ2v) is 12.2. The van der Waals surface area contributed by atoms with Crippen LogP contribution < -0.4 is 9.62 Å². The molecule has 0 saturated carbocycles. The second kappa shape index (κ2) is 13.6. The molecule has 16 heteroatoms. The number of aromatic nitrogens is 1. The fourth-order valence-corrected chi connectivity index (χ4v) is 6.70. The van der Waals surface area contributed by atoms with Crippen LogP contribution in [0.2, 0.25) is 10.0 Å². The maximum atomic E-state index is 15.0. The lowest BCUT2D eigenvalue weighted by atomic mass is 10.0. The van der Waals surface area contributed by atoms with Gasteiger partial charge in [0.05, 0.1) is 16.2 Å². The lowest BCUT2D eigenvalue weighted by Crippen LogP contribution is -2.36. The molecule has 0 radical (unpaired) electrons. The topological polar surface area (TPSA) is 103 Å². The van der Waals surface area contributed by atoms with Gasteiger partial charge in [-0.2, -0.15) is 13.2 Å². The van der Waals surface area contributed by atoms with E-state index in [-0.39, 0.29) is 22.9 Å². The average Bonchev–Trinajstić information content (AvgIpc) is 3.58. The van der Waals surface area contributed by atoms with Crippen molar-refractivity contribution >= 4 is 62.0 Å². The molecule has 2 N–H and O–H groups in total. The maximum absolute atomic E-state index is 15.0. The molecule has 0 amide bonds. The number of hydrogen-bond donors (Lipinski definition) is 2. The first kappa shape index (κ1) is 32.9. The molecule has 1 unspecified atom stereocenters. The molecular weight excluding hydrogens is 631 g/mol. The highest BCUT2D eigenvalue weighted by Crippen LogP contribution is 2.37. The van der Waals surface area contributed by atoms with Crippen LogP contribution in [0, 0.1) is 5.82 Å². The van der Waals surface area contributed by atoms with Crippen LogP contribution in [0.15, 0.2) is 52.2 Å². The summed E-state index contributed by atoms with van der Waals surface area (Å²) in [4.78, 5) is 16.6. The molecule has 4 rings (SSSR count). The van der Waals surface area contributed by atoms with E-state index in [1.165, 1.54) is 28.3 Å². The van der Waals surface area contributed by atoms with Crippen LogP contribution in [-0.4, -0.2) is 61.7 Å². The van der Waals surface area contributed by atoms with Gasteiger partial charge in [-0.3, -0.25) is 9.62 Å². The Bertz CT molecular complexity index is 1460. The monoisotopic (exact) mass is 656 g/mol. The number of nitrogens with one attached hydrogen (secondary N) is 1. The van der Waals surface area contributed by atoms with Gasteiger partial charge in [0.15, 0.2) is 5.82 Å². The van der Waals surface area contributed by atoms with Gasteiger partial charge >= 0.3 is 12.1 Å². The van der Waals surface area contributed by atoms with Crippen molar-refractivity contribution < 1.29 is 35.9 Å². The second-order valence-electron chi connectivity index (χ2n) is 9.01. The van der Waals surface area contributed by atoms with Gasteiger partial charge in [-0.25, -0.2) is 22.6 Å². The van der Waals surface area contributed by atoms with Crippen molar-refractivity contribution in [3.63, 3.8) is 0 Å². The van der Waals surface area contributed by atoms with Gasteiger partial charge in [0.2, 0.25) is 0 Å². The zero-order valence-corrected chi connectivity index (χ0v) is 24.8. The molecule has 0 aliphatic carbocycles. The van der Waals surface area contributed by atoms with Gasteiger partial charge in [-0.15, -0.1) is 11.3 Å². The predicted octanol–water partition coefficient (Wildman–Crippen LogP) is 6.68. The molecule has 41 heavy (non-hydrogen) atoms. The highest BCUT2D eigenvalue weighted by molar-refractivity contribution is 7.92. The highest BCUT2D eigenvalue weighted by atomic mass is 35.5. The number of aliphatic carboxylic acids is 1. The normalized spacial score (nSPS) is 16.5. The summed E-state index contributed by atoms with van der Waals surface area (Å²) in [7, 11) is -2.31. The van der Waals surface area contributed by atoms with E-state index in [1.54, 1.807) is 0 Å². The Morgan fingerprint density at radius 1 is 1.27 bits per heavy atom. The van der Waals surface area contributed by atoms with Crippen molar-refractivity contribution in [2.75, 3.05) is 29.8 Å². The number of alkyl halides is 3. The SMILES string of the molecule is CCC(c1ccccc1Cl)N1CC[C@H](N(C)c2cc(F)c(S(=O)(=O)Nc3cscn3)cc2Cl)C1.O=C(O)C(F)(F)F. The Balaban J connectivity index is 0.000000587.